The van der Waals surface area contributed by atoms with Gasteiger partial charge in [-0.15, -0.1) is 11.3 Å². The number of hydrogen-bond acceptors (Lipinski definition) is 5. The lowest BCUT2D eigenvalue weighted by Gasteiger charge is -2.08. The summed E-state index contributed by atoms with van der Waals surface area (Å²) in [7, 11) is 0. The molecule has 8 heteroatoms. The summed E-state index contributed by atoms with van der Waals surface area (Å²) in [6, 6.07) is 14.1. The van der Waals surface area contributed by atoms with Gasteiger partial charge in [0, 0.05) is 28.1 Å². The number of aryl methyl sites for hydroxylation is 1. The molecule has 0 spiro atoms. The van der Waals surface area contributed by atoms with Gasteiger partial charge in [0.05, 0.1) is 22.6 Å². The first-order valence-electron chi connectivity index (χ1n) is 9.23. The number of nitro benzene ring substituents is 1. The molecule has 2 aromatic carbocycles. The maximum absolute atomic E-state index is 12.4. The molecule has 0 bridgehead atoms. The molecular weight excluding hydrogens is 400 g/mol. The van der Waals surface area contributed by atoms with E-state index >= 15 is 0 Å². The Balaban J connectivity index is 1.59. The summed E-state index contributed by atoms with van der Waals surface area (Å²) in [5, 5.41) is 24.1. The number of nitro groups is 1. The number of benzene rings is 2. The number of thiophene rings is 1. The van der Waals surface area contributed by atoms with Gasteiger partial charge in [-0.05, 0) is 47.7 Å². The second-order valence-corrected chi connectivity index (χ2v) is 7.84. The second-order valence-electron chi connectivity index (χ2n) is 6.81. The number of hydrogen-bond donors (Lipinski definition) is 2. The summed E-state index contributed by atoms with van der Waals surface area (Å²) in [4.78, 5) is 23.9. The van der Waals surface area contributed by atoms with E-state index < -0.39 is 4.92 Å². The Kier molecular flexibility index (Phi) is 5.40. The average molecular weight is 418 g/mol. The van der Waals surface area contributed by atoms with Crippen molar-refractivity contribution in [3.05, 3.63) is 85.7 Å². The number of anilines is 1. The average Bonchev–Trinajstić information content (AvgIpc) is 3.36. The van der Waals surface area contributed by atoms with Crippen LogP contribution < -0.4 is 5.32 Å². The highest BCUT2D eigenvalue weighted by atomic mass is 32.1. The summed E-state index contributed by atoms with van der Waals surface area (Å²) >= 11 is 1.55. The number of nitrogens with zero attached hydrogens (tertiary/aromatic N) is 2. The molecule has 0 radical (unpaired) electrons. The van der Waals surface area contributed by atoms with Crippen LogP contribution in [0.15, 0.2) is 53.9 Å². The van der Waals surface area contributed by atoms with Crippen LogP contribution in [0.4, 0.5) is 11.4 Å². The number of carbonyl (C=O) groups excluding carboxylic acids is 1. The number of rotatable bonds is 6. The van der Waals surface area contributed by atoms with Crippen LogP contribution in [0.1, 0.15) is 21.7 Å². The van der Waals surface area contributed by atoms with Gasteiger partial charge in [-0.25, -0.2) is 0 Å². The fourth-order valence-electron chi connectivity index (χ4n) is 3.14. The Bertz CT molecular complexity index is 1260. The van der Waals surface area contributed by atoms with Crippen molar-refractivity contribution in [1.29, 1.82) is 0 Å². The van der Waals surface area contributed by atoms with Crippen molar-refractivity contribution in [2.45, 2.75) is 13.3 Å². The van der Waals surface area contributed by atoms with Crippen LogP contribution in [0.3, 0.4) is 0 Å². The summed E-state index contributed by atoms with van der Waals surface area (Å²) in [5.41, 5.74) is 3.94. The maximum atomic E-state index is 12.4. The van der Waals surface area contributed by atoms with E-state index in [2.05, 4.69) is 15.5 Å². The predicted octanol–water partition coefficient (Wildman–Crippen LogP) is 5.19. The monoisotopic (exact) mass is 418 g/mol. The van der Waals surface area contributed by atoms with E-state index in [-0.39, 0.29) is 11.6 Å². The van der Waals surface area contributed by atoms with E-state index in [9.17, 15) is 14.9 Å². The van der Waals surface area contributed by atoms with E-state index in [1.54, 1.807) is 35.6 Å². The smallest absolute Gasteiger partial charge is 0.270 e. The molecule has 7 nitrogen and oxygen atoms in total. The fraction of sp³-hybridized carbons (Fsp3) is 0.0909. The molecule has 30 heavy (non-hydrogen) atoms. The van der Waals surface area contributed by atoms with Gasteiger partial charge in [0.1, 0.15) is 0 Å². The van der Waals surface area contributed by atoms with Crippen LogP contribution in [-0.2, 0) is 11.2 Å². The van der Waals surface area contributed by atoms with Gasteiger partial charge in [-0.1, -0.05) is 24.3 Å². The molecule has 2 aromatic heterocycles. The third-order valence-corrected chi connectivity index (χ3v) is 5.52. The van der Waals surface area contributed by atoms with Gasteiger partial charge < -0.3 is 5.32 Å². The number of carbonyl (C=O) groups is 1. The molecule has 4 rings (SSSR count). The first-order valence-corrected chi connectivity index (χ1v) is 10.1. The number of aromatic amines is 1. The van der Waals surface area contributed by atoms with Crippen LogP contribution in [-0.4, -0.2) is 21.0 Å². The number of aromatic nitrogens is 2. The lowest BCUT2D eigenvalue weighted by molar-refractivity contribution is -0.384. The lowest BCUT2D eigenvalue weighted by Crippen LogP contribution is -2.14. The van der Waals surface area contributed by atoms with Crippen molar-refractivity contribution in [3.8, 4) is 0 Å². The number of H-pyrrole nitrogens is 1. The minimum atomic E-state index is -0.421. The Hall–Kier alpha value is -3.78. The van der Waals surface area contributed by atoms with Crippen molar-refractivity contribution in [2.75, 3.05) is 5.32 Å². The van der Waals surface area contributed by atoms with Crippen LogP contribution in [0.2, 0.25) is 0 Å². The largest absolute Gasteiger partial charge is 0.326 e. The Labute approximate surface area is 176 Å². The molecule has 0 atom stereocenters. The highest BCUT2D eigenvalue weighted by Gasteiger charge is 2.11. The normalized spacial score (nSPS) is 11.2. The molecule has 2 heterocycles. The zero-order valence-electron chi connectivity index (χ0n) is 16.1. The van der Waals surface area contributed by atoms with Gasteiger partial charge in [-0.2, -0.15) is 5.10 Å². The van der Waals surface area contributed by atoms with Gasteiger partial charge in [-0.3, -0.25) is 20.0 Å². The molecule has 0 saturated carbocycles. The fourth-order valence-corrected chi connectivity index (χ4v) is 3.84. The molecule has 0 aliphatic heterocycles. The lowest BCUT2D eigenvalue weighted by atomic mass is 10.1. The highest BCUT2D eigenvalue weighted by Crippen LogP contribution is 2.26. The van der Waals surface area contributed by atoms with Crippen LogP contribution >= 0.6 is 11.3 Å². The second kappa shape index (κ2) is 8.30. The summed E-state index contributed by atoms with van der Waals surface area (Å²) < 4.78 is 0. The number of fused-ring (bicyclic) bond motifs is 1. The molecule has 0 unspecified atom stereocenters. The summed E-state index contributed by atoms with van der Waals surface area (Å²) in [5.74, 6) is -0.0721. The Morgan fingerprint density at radius 2 is 2.10 bits per heavy atom. The van der Waals surface area contributed by atoms with Crippen LogP contribution in [0.5, 0.6) is 0 Å². The van der Waals surface area contributed by atoms with Gasteiger partial charge >= 0.3 is 0 Å². The molecular formula is C22H18N4O3S. The number of non-ortho nitro benzene ring substituents is 1. The molecule has 0 fully saturated rings. The van der Waals surface area contributed by atoms with Crippen LogP contribution in [0.25, 0.3) is 23.1 Å². The molecule has 0 aliphatic rings. The van der Waals surface area contributed by atoms with Crippen LogP contribution in [0, 0.1) is 17.0 Å². The summed E-state index contributed by atoms with van der Waals surface area (Å²) in [6.07, 6.45) is 3.90. The SMILES string of the molecule is Cc1cc2[nH]nc(C=Cc3cccc([N+](=O)[O-])c3)c2cc1NC(=O)Cc1cccs1. The molecule has 150 valence electrons. The van der Waals surface area contributed by atoms with E-state index in [0.29, 0.717) is 17.7 Å². The van der Waals surface area contributed by atoms with Crippen molar-refractivity contribution in [2.24, 2.45) is 0 Å². The van der Waals surface area contributed by atoms with E-state index in [4.69, 9.17) is 0 Å². The molecule has 0 aliphatic carbocycles. The Morgan fingerprint density at radius 3 is 2.87 bits per heavy atom. The molecule has 0 saturated heterocycles. The summed E-state index contributed by atoms with van der Waals surface area (Å²) in [6.45, 7) is 1.93. The van der Waals surface area contributed by atoms with E-state index in [0.717, 1.165) is 27.0 Å². The standard InChI is InChI=1S/C22H18N4O3S/c1-14-10-21-18(13-20(14)23-22(27)12-17-6-3-9-30-17)19(24-25-21)8-7-15-4-2-5-16(11-15)26(28)29/h2-11,13H,12H2,1H3,(H,23,27)(H,24,25). The number of amides is 1. The minimum absolute atomic E-state index is 0.0374. The van der Waals surface area contributed by atoms with Gasteiger partial charge in [0.2, 0.25) is 5.91 Å². The molecule has 1 amide bonds. The van der Waals surface area contributed by atoms with E-state index in [1.807, 2.05) is 36.6 Å². The maximum Gasteiger partial charge on any atom is 0.270 e. The highest BCUT2D eigenvalue weighted by molar-refractivity contribution is 7.10. The number of nitrogens with one attached hydrogen (secondary N) is 2. The first kappa shape index (κ1) is 19.5. The molecule has 4 aromatic rings. The Morgan fingerprint density at radius 1 is 1.23 bits per heavy atom. The van der Waals surface area contributed by atoms with Gasteiger partial charge in [0.15, 0.2) is 0 Å². The van der Waals surface area contributed by atoms with Crippen molar-refractivity contribution in [1.82, 2.24) is 10.2 Å². The van der Waals surface area contributed by atoms with Crippen molar-refractivity contribution >= 4 is 51.7 Å². The quantitative estimate of drug-likeness (QED) is 0.332. The third kappa shape index (κ3) is 4.28. The topological polar surface area (TPSA) is 101 Å². The predicted molar refractivity (Wildman–Crippen MR) is 120 cm³/mol. The van der Waals surface area contributed by atoms with E-state index in [1.165, 1.54) is 12.1 Å². The zero-order valence-corrected chi connectivity index (χ0v) is 16.9. The zero-order chi connectivity index (χ0) is 21.1. The first-order chi connectivity index (χ1) is 14.5. The third-order valence-electron chi connectivity index (χ3n) is 4.64. The molecule has 2 N–H and O–H groups in total. The minimum Gasteiger partial charge on any atom is -0.326 e. The van der Waals surface area contributed by atoms with Gasteiger partial charge in [0.25, 0.3) is 5.69 Å². The van der Waals surface area contributed by atoms with Crippen molar-refractivity contribution in [3.63, 3.8) is 0 Å². The van der Waals surface area contributed by atoms with Crippen molar-refractivity contribution < 1.29 is 9.72 Å².